The van der Waals surface area contributed by atoms with Crippen LogP contribution in [0.3, 0.4) is 0 Å². The molecule has 0 atom stereocenters. The van der Waals surface area contributed by atoms with Gasteiger partial charge in [-0.05, 0) is 69.1 Å². The molecule has 0 aliphatic carbocycles. The SMILES string of the molecule is Cc1[nH]c(/C=C2\C(=O)Nc3cccc(-c4ccccc4F)c32)c(C)c1C(=O)NCCN1CCCC1. The summed E-state index contributed by atoms with van der Waals surface area (Å²) in [4.78, 5) is 31.5. The number of benzene rings is 2. The van der Waals surface area contributed by atoms with Crippen LogP contribution >= 0.6 is 0 Å². The van der Waals surface area contributed by atoms with Crippen LogP contribution in [0.1, 0.15) is 45.7 Å². The molecule has 0 unspecified atom stereocenters. The minimum absolute atomic E-state index is 0.122. The van der Waals surface area contributed by atoms with Crippen LogP contribution in [0.4, 0.5) is 10.1 Å². The smallest absolute Gasteiger partial charge is 0.256 e. The number of likely N-dealkylation sites (tertiary alicyclic amines) is 1. The molecule has 3 heterocycles. The molecule has 5 rings (SSSR count). The average molecular weight is 473 g/mol. The summed E-state index contributed by atoms with van der Waals surface area (Å²) in [6.45, 7) is 7.37. The first-order valence-corrected chi connectivity index (χ1v) is 12.0. The van der Waals surface area contributed by atoms with E-state index < -0.39 is 0 Å². The molecule has 1 saturated heterocycles. The summed E-state index contributed by atoms with van der Waals surface area (Å²) < 4.78 is 14.6. The van der Waals surface area contributed by atoms with E-state index in [1.54, 1.807) is 30.3 Å². The lowest BCUT2D eigenvalue weighted by atomic mass is 9.94. The monoisotopic (exact) mass is 472 g/mol. The Labute approximate surface area is 204 Å². The van der Waals surface area contributed by atoms with E-state index in [0.717, 1.165) is 30.9 Å². The van der Waals surface area contributed by atoms with Crippen molar-refractivity contribution in [2.45, 2.75) is 26.7 Å². The van der Waals surface area contributed by atoms with Crippen molar-refractivity contribution in [1.29, 1.82) is 0 Å². The first-order valence-electron chi connectivity index (χ1n) is 12.0. The van der Waals surface area contributed by atoms with Crippen molar-refractivity contribution in [2.24, 2.45) is 0 Å². The number of H-pyrrole nitrogens is 1. The molecular weight excluding hydrogens is 443 g/mol. The van der Waals surface area contributed by atoms with Gasteiger partial charge in [-0.3, -0.25) is 9.59 Å². The third kappa shape index (κ3) is 4.39. The first-order chi connectivity index (χ1) is 16.9. The molecule has 3 aromatic rings. The Morgan fingerprint density at radius 2 is 1.83 bits per heavy atom. The van der Waals surface area contributed by atoms with E-state index >= 15 is 0 Å². The van der Waals surface area contributed by atoms with Gasteiger partial charge in [-0.2, -0.15) is 0 Å². The minimum atomic E-state index is -0.348. The molecule has 0 bridgehead atoms. The molecule has 7 heteroatoms. The Kier molecular flexibility index (Phi) is 6.26. The maximum atomic E-state index is 14.6. The Hall–Kier alpha value is -3.71. The van der Waals surface area contributed by atoms with E-state index in [9.17, 15) is 14.0 Å². The molecule has 2 aromatic carbocycles. The lowest BCUT2D eigenvalue weighted by molar-refractivity contribution is -0.110. The highest BCUT2D eigenvalue weighted by Crippen LogP contribution is 2.41. The molecule has 0 spiro atoms. The zero-order valence-corrected chi connectivity index (χ0v) is 20.0. The van der Waals surface area contributed by atoms with Crippen molar-refractivity contribution >= 4 is 29.2 Å². The second-order valence-corrected chi connectivity index (χ2v) is 9.19. The number of carbonyl (C=O) groups excluding carboxylic acids is 2. The number of nitrogens with one attached hydrogen (secondary N) is 3. The van der Waals surface area contributed by atoms with Gasteiger partial charge in [0.25, 0.3) is 11.8 Å². The summed E-state index contributed by atoms with van der Waals surface area (Å²) in [5, 5.41) is 5.92. The Balaban J connectivity index is 1.46. The lowest BCUT2D eigenvalue weighted by Crippen LogP contribution is -2.33. The van der Waals surface area contributed by atoms with Crippen molar-refractivity contribution in [2.75, 3.05) is 31.5 Å². The molecule has 35 heavy (non-hydrogen) atoms. The molecule has 3 N–H and O–H groups in total. The number of amides is 2. The van der Waals surface area contributed by atoms with E-state index in [0.29, 0.717) is 45.8 Å². The number of aromatic amines is 1. The highest BCUT2D eigenvalue weighted by Gasteiger charge is 2.29. The van der Waals surface area contributed by atoms with Gasteiger partial charge in [-0.25, -0.2) is 4.39 Å². The van der Waals surface area contributed by atoms with Crippen LogP contribution in [0, 0.1) is 19.7 Å². The van der Waals surface area contributed by atoms with Crippen molar-refractivity contribution in [1.82, 2.24) is 15.2 Å². The average Bonchev–Trinajstić information content (AvgIpc) is 3.53. The predicted octanol–water partition coefficient (Wildman–Crippen LogP) is 4.76. The number of rotatable bonds is 6. The van der Waals surface area contributed by atoms with Crippen LogP contribution in [-0.4, -0.2) is 47.9 Å². The molecule has 2 aliphatic heterocycles. The fraction of sp³-hybridized carbons (Fsp3) is 0.286. The zero-order valence-electron chi connectivity index (χ0n) is 20.0. The van der Waals surface area contributed by atoms with Gasteiger partial charge < -0.3 is 20.5 Å². The third-order valence-electron chi connectivity index (χ3n) is 6.89. The van der Waals surface area contributed by atoms with Gasteiger partial charge in [0.2, 0.25) is 0 Å². The van der Waals surface area contributed by atoms with Crippen LogP contribution in [-0.2, 0) is 4.79 Å². The number of carbonyl (C=O) groups is 2. The zero-order chi connectivity index (χ0) is 24.5. The number of fused-ring (bicyclic) bond motifs is 1. The maximum Gasteiger partial charge on any atom is 0.256 e. The third-order valence-corrected chi connectivity index (χ3v) is 6.89. The summed E-state index contributed by atoms with van der Waals surface area (Å²) in [7, 11) is 0. The van der Waals surface area contributed by atoms with Gasteiger partial charge in [0, 0.05) is 41.3 Å². The Morgan fingerprint density at radius 1 is 1.09 bits per heavy atom. The van der Waals surface area contributed by atoms with Gasteiger partial charge in [0.05, 0.1) is 11.1 Å². The summed E-state index contributed by atoms with van der Waals surface area (Å²) in [6.07, 6.45) is 4.20. The quantitative estimate of drug-likeness (QED) is 0.453. The number of halogens is 1. The van der Waals surface area contributed by atoms with Crippen molar-refractivity contribution in [3.05, 3.63) is 76.4 Å². The van der Waals surface area contributed by atoms with Crippen LogP contribution in [0.15, 0.2) is 42.5 Å². The summed E-state index contributed by atoms with van der Waals surface area (Å²) in [5.41, 5.74) is 5.62. The summed E-state index contributed by atoms with van der Waals surface area (Å²) in [6, 6.07) is 12.0. The van der Waals surface area contributed by atoms with E-state index in [2.05, 4.69) is 20.5 Å². The van der Waals surface area contributed by atoms with E-state index in [1.165, 1.54) is 18.9 Å². The standard InChI is InChI=1S/C28H29FN4O2/c1-17-24(31-18(2)25(17)28(35)30-12-15-33-13-5-6-14-33)16-21-26-20(19-8-3-4-10-22(19)29)9-7-11-23(26)32-27(21)34/h3-4,7-11,16,31H,5-6,12-15H2,1-2H3,(H,30,35)(H,32,34)/b21-16-. The second-order valence-electron chi connectivity index (χ2n) is 9.19. The van der Waals surface area contributed by atoms with Crippen LogP contribution in [0.2, 0.25) is 0 Å². The van der Waals surface area contributed by atoms with Crippen LogP contribution < -0.4 is 10.6 Å². The molecule has 0 saturated carbocycles. The molecule has 180 valence electrons. The van der Waals surface area contributed by atoms with E-state index in [1.807, 2.05) is 26.0 Å². The van der Waals surface area contributed by atoms with Gasteiger partial charge in [0.1, 0.15) is 5.82 Å². The highest BCUT2D eigenvalue weighted by molar-refractivity contribution is 6.36. The van der Waals surface area contributed by atoms with Crippen molar-refractivity contribution in [3.63, 3.8) is 0 Å². The van der Waals surface area contributed by atoms with Crippen molar-refractivity contribution < 1.29 is 14.0 Å². The highest BCUT2D eigenvalue weighted by atomic mass is 19.1. The normalized spacial score (nSPS) is 16.5. The van der Waals surface area contributed by atoms with Gasteiger partial charge in [0.15, 0.2) is 0 Å². The fourth-order valence-electron chi connectivity index (χ4n) is 5.12. The second kappa shape index (κ2) is 9.50. The van der Waals surface area contributed by atoms with Crippen molar-refractivity contribution in [3.8, 4) is 11.1 Å². The van der Waals surface area contributed by atoms with E-state index in [-0.39, 0.29) is 17.6 Å². The Morgan fingerprint density at radius 3 is 2.60 bits per heavy atom. The van der Waals surface area contributed by atoms with Gasteiger partial charge in [-0.15, -0.1) is 0 Å². The lowest BCUT2D eigenvalue weighted by Gasteiger charge is -2.14. The predicted molar refractivity (Wildman–Crippen MR) is 137 cm³/mol. The minimum Gasteiger partial charge on any atom is -0.358 e. The molecule has 1 fully saturated rings. The molecule has 1 aromatic heterocycles. The molecule has 2 amide bonds. The summed E-state index contributed by atoms with van der Waals surface area (Å²) in [5.74, 6) is -0.727. The van der Waals surface area contributed by atoms with Crippen LogP contribution in [0.25, 0.3) is 22.8 Å². The number of nitrogens with zero attached hydrogens (tertiary/aromatic N) is 1. The van der Waals surface area contributed by atoms with Gasteiger partial charge in [-0.1, -0.05) is 30.3 Å². The molecular formula is C28H29FN4O2. The van der Waals surface area contributed by atoms with E-state index in [4.69, 9.17) is 0 Å². The Bertz CT molecular complexity index is 1330. The first kappa shape index (κ1) is 23.1. The molecule has 2 aliphatic rings. The number of aromatic nitrogens is 1. The largest absolute Gasteiger partial charge is 0.358 e. The number of anilines is 1. The topological polar surface area (TPSA) is 77.2 Å². The van der Waals surface area contributed by atoms with Gasteiger partial charge >= 0.3 is 0 Å². The maximum absolute atomic E-state index is 14.6. The number of hydrogen-bond acceptors (Lipinski definition) is 3. The fourth-order valence-corrected chi connectivity index (χ4v) is 5.12. The number of hydrogen-bond donors (Lipinski definition) is 3. The molecule has 0 radical (unpaired) electrons. The molecule has 6 nitrogen and oxygen atoms in total. The number of aryl methyl sites for hydroxylation is 1. The summed E-state index contributed by atoms with van der Waals surface area (Å²) >= 11 is 0. The van der Waals surface area contributed by atoms with Crippen LogP contribution in [0.5, 0.6) is 0 Å².